The maximum absolute atomic E-state index is 5.89. The van der Waals surface area contributed by atoms with Crippen molar-refractivity contribution in [1.82, 2.24) is 9.88 Å². The van der Waals surface area contributed by atoms with Crippen LogP contribution in [-0.4, -0.2) is 35.6 Å². The van der Waals surface area contributed by atoms with Gasteiger partial charge in [0.25, 0.3) is 0 Å². The van der Waals surface area contributed by atoms with Crippen molar-refractivity contribution in [2.24, 2.45) is 5.92 Å². The molecule has 3 nitrogen and oxygen atoms in total. The molecule has 0 aliphatic carbocycles. The average molecular weight is 282 g/mol. The first-order valence-electron chi connectivity index (χ1n) is 7.22. The van der Waals surface area contributed by atoms with Gasteiger partial charge >= 0.3 is 0 Å². The van der Waals surface area contributed by atoms with E-state index >= 15 is 0 Å². The highest BCUT2D eigenvalue weighted by atomic mass is 35.5. The molecule has 2 rings (SSSR count). The lowest BCUT2D eigenvalue weighted by atomic mass is 9.90. The van der Waals surface area contributed by atoms with Gasteiger partial charge in [0.1, 0.15) is 5.15 Å². The number of halogens is 1. The van der Waals surface area contributed by atoms with Crippen molar-refractivity contribution in [3.8, 4) is 0 Å². The molecular weight excluding hydrogens is 258 g/mol. The maximum atomic E-state index is 5.89. The van der Waals surface area contributed by atoms with Crippen LogP contribution < -0.4 is 5.32 Å². The summed E-state index contributed by atoms with van der Waals surface area (Å²) in [7, 11) is 0. The summed E-state index contributed by atoms with van der Waals surface area (Å²) in [6.45, 7) is 10.1. The van der Waals surface area contributed by atoms with E-state index in [1.807, 2.05) is 19.1 Å². The van der Waals surface area contributed by atoms with Crippen molar-refractivity contribution in [1.29, 1.82) is 0 Å². The van der Waals surface area contributed by atoms with Gasteiger partial charge in [0.15, 0.2) is 0 Å². The minimum absolute atomic E-state index is 0.487. The smallest absolute Gasteiger partial charge is 0.129 e. The largest absolute Gasteiger partial charge is 0.381 e. The highest BCUT2D eigenvalue weighted by Crippen LogP contribution is 2.24. The van der Waals surface area contributed by atoms with Crippen LogP contribution >= 0.6 is 11.6 Å². The summed E-state index contributed by atoms with van der Waals surface area (Å²) in [6.07, 6.45) is 2.56. The molecule has 0 bridgehead atoms. The Kier molecular flexibility index (Phi) is 5.06. The predicted molar refractivity (Wildman–Crippen MR) is 81.9 cm³/mol. The lowest BCUT2D eigenvalue weighted by molar-refractivity contribution is 0.183. The first-order chi connectivity index (χ1) is 9.10. The summed E-state index contributed by atoms with van der Waals surface area (Å²) in [4.78, 5) is 6.82. The predicted octanol–water partition coefficient (Wildman–Crippen LogP) is 3.58. The molecule has 1 aromatic rings. The number of aryl methyl sites for hydroxylation is 1. The first kappa shape index (κ1) is 14.6. The van der Waals surface area contributed by atoms with Crippen molar-refractivity contribution in [2.75, 3.05) is 25.0 Å². The third-order valence-corrected chi connectivity index (χ3v) is 4.43. The van der Waals surface area contributed by atoms with Gasteiger partial charge in [-0.3, -0.25) is 0 Å². The van der Waals surface area contributed by atoms with E-state index < -0.39 is 0 Å². The van der Waals surface area contributed by atoms with Crippen LogP contribution in [-0.2, 0) is 0 Å². The van der Waals surface area contributed by atoms with Crippen molar-refractivity contribution in [2.45, 2.75) is 39.7 Å². The topological polar surface area (TPSA) is 28.2 Å². The van der Waals surface area contributed by atoms with E-state index in [1.54, 1.807) is 0 Å². The van der Waals surface area contributed by atoms with Gasteiger partial charge in [-0.25, -0.2) is 4.98 Å². The summed E-state index contributed by atoms with van der Waals surface area (Å²) >= 11 is 5.89. The Labute approximate surface area is 121 Å². The van der Waals surface area contributed by atoms with E-state index in [4.69, 9.17) is 11.6 Å². The van der Waals surface area contributed by atoms with Crippen LogP contribution in [0.25, 0.3) is 0 Å². The summed E-state index contributed by atoms with van der Waals surface area (Å²) in [5.74, 6) is 0.748. The second-order valence-electron chi connectivity index (χ2n) is 5.47. The lowest BCUT2D eigenvalue weighted by Crippen LogP contribution is -2.39. The molecular formula is C15H24ClN3. The number of likely N-dealkylation sites (tertiary alicyclic amines) is 1. The Bertz CT molecular complexity index is 414. The number of hydrogen-bond donors (Lipinski definition) is 1. The molecule has 1 fully saturated rings. The van der Waals surface area contributed by atoms with Gasteiger partial charge < -0.3 is 10.2 Å². The van der Waals surface area contributed by atoms with Crippen LogP contribution in [0.3, 0.4) is 0 Å². The molecule has 2 heterocycles. The fourth-order valence-corrected chi connectivity index (χ4v) is 3.01. The molecule has 1 unspecified atom stereocenters. The number of pyridine rings is 1. The number of hydrogen-bond acceptors (Lipinski definition) is 3. The second-order valence-corrected chi connectivity index (χ2v) is 5.86. The third kappa shape index (κ3) is 3.83. The molecule has 1 aromatic heterocycles. The van der Waals surface area contributed by atoms with E-state index in [9.17, 15) is 0 Å². The van der Waals surface area contributed by atoms with E-state index in [1.165, 1.54) is 32.5 Å². The van der Waals surface area contributed by atoms with Gasteiger partial charge in [0, 0.05) is 6.04 Å². The molecule has 0 radical (unpaired) electrons. The molecule has 106 valence electrons. The summed E-state index contributed by atoms with van der Waals surface area (Å²) in [6, 6.07) is 4.37. The van der Waals surface area contributed by atoms with Crippen LogP contribution in [0.5, 0.6) is 0 Å². The summed E-state index contributed by atoms with van der Waals surface area (Å²) in [5.41, 5.74) is 2.08. The Balaban J connectivity index is 1.92. The normalized spacial score (nSPS) is 19.4. The number of piperidine rings is 1. The zero-order chi connectivity index (χ0) is 13.8. The van der Waals surface area contributed by atoms with Crippen LogP contribution in [0.15, 0.2) is 12.1 Å². The van der Waals surface area contributed by atoms with E-state index in [2.05, 4.69) is 29.0 Å². The van der Waals surface area contributed by atoms with Gasteiger partial charge in [-0.05, 0) is 64.4 Å². The van der Waals surface area contributed by atoms with Crippen molar-refractivity contribution in [3.63, 3.8) is 0 Å². The van der Waals surface area contributed by atoms with Gasteiger partial charge in [-0.15, -0.1) is 0 Å². The van der Waals surface area contributed by atoms with Gasteiger partial charge in [0.2, 0.25) is 0 Å². The highest BCUT2D eigenvalue weighted by Gasteiger charge is 2.23. The zero-order valence-electron chi connectivity index (χ0n) is 12.1. The number of aromatic nitrogens is 1. The molecule has 1 saturated heterocycles. The second kappa shape index (κ2) is 6.58. The molecule has 1 N–H and O–H groups in total. The molecule has 0 aromatic carbocycles. The van der Waals surface area contributed by atoms with Crippen LogP contribution in [0.2, 0.25) is 5.15 Å². The fraction of sp³-hybridized carbons (Fsp3) is 0.667. The molecule has 4 heteroatoms. The van der Waals surface area contributed by atoms with Crippen LogP contribution in [0.4, 0.5) is 5.69 Å². The van der Waals surface area contributed by atoms with E-state index in [0.717, 1.165) is 17.3 Å². The SMILES string of the molecule is CCN1CCC(C(C)Nc2ccc(Cl)nc2C)CC1. The van der Waals surface area contributed by atoms with Crippen LogP contribution in [0, 0.1) is 12.8 Å². The van der Waals surface area contributed by atoms with Crippen LogP contribution in [0.1, 0.15) is 32.4 Å². The van der Waals surface area contributed by atoms with E-state index in [-0.39, 0.29) is 0 Å². The summed E-state index contributed by atoms with van der Waals surface area (Å²) in [5, 5.41) is 4.16. The Hall–Kier alpha value is -0.800. The van der Waals surface area contributed by atoms with Gasteiger partial charge in [0.05, 0.1) is 11.4 Å². The first-order valence-corrected chi connectivity index (χ1v) is 7.60. The van der Waals surface area contributed by atoms with Gasteiger partial charge in [-0.1, -0.05) is 18.5 Å². The fourth-order valence-electron chi connectivity index (χ4n) is 2.82. The quantitative estimate of drug-likeness (QED) is 0.855. The Morgan fingerprint density at radius 1 is 1.42 bits per heavy atom. The molecule has 1 aliphatic rings. The number of nitrogens with one attached hydrogen (secondary N) is 1. The number of rotatable bonds is 4. The Morgan fingerprint density at radius 2 is 2.11 bits per heavy atom. The molecule has 0 spiro atoms. The molecule has 1 aliphatic heterocycles. The number of nitrogens with zero attached hydrogens (tertiary/aromatic N) is 2. The zero-order valence-corrected chi connectivity index (χ0v) is 12.9. The maximum Gasteiger partial charge on any atom is 0.129 e. The molecule has 19 heavy (non-hydrogen) atoms. The number of anilines is 1. The van der Waals surface area contributed by atoms with Crippen molar-refractivity contribution in [3.05, 3.63) is 23.0 Å². The standard InChI is InChI=1S/C15H24ClN3/c1-4-19-9-7-13(8-10-19)11(2)17-14-5-6-15(16)18-12(14)3/h5-6,11,13,17H,4,7-10H2,1-3H3. The van der Waals surface area contributed by atoms with Crippen molar-refractivity contribution < 1.29 is 0 Å². The molecule has 1 atom stereocenters. The summed E-state index contributed by atoms with van der Waals surface area (Å²) < 4.78 is 0. The molecule has 0 saturated carbocycles. The third-order valence-electron chi connectivity index (χ3n) is 4.22. The average Bonchev–Trinajstić information content (AvgIpc) is 2.42. The highest BCUT2D eigenvalue weighted by molar-refractivity contribution is 6.29. The van der Waals surface area contributed by atoms with Crippen molar-refractivity contribution >= 4 is 17.3 Å². The molecule has 0 amide bonds. The minimum Gasteiger partial charge on any atom is -0.381 e. The minimum atomic E-state index is 0.487. The van der Waals surface area contributed by atoms with Gasteiger partial charge in [-0.2, -0.15) is 0 Å². The van der Waals surface area contributed by atoms with E-state index in [0.29, 0.717) is 11.2 Å². The Morgan fingerprint density at radius 3 is 2.68 bits per heavy atom. The monoisotopic (exact) mass is 281 g/mol. The lowest BCUT2D eigenvalue weighted by Gasteiger charge is -2.35.